The van der Waals surface area contributed by atoms with Gasteiger partial charge in [-0.15, -0.1) is 12.4 Å². The Kier molecular flexibility index (Phi) is 6.18. The number of nitro groups is 1. The number of benzene rings is 2. The van der Waals surface area contributed by atoms with Gasteiger partial charge in [-0.25, -0.2) is 0 Å². The molecule has 1 fully saturated rings. The summed E-state index contributed by atoms with van der Waals surface area (Å²) in [6.45, 7) is 1.50. The average Bonchev–Trinajstić information content (AvgIpc) is 3.06. The smallest absolute Gasteiger partial charge is 0.292 e. The number of carbonyl (C=O) groups is 1. The standard InChI is InChI=1S/C18H20N4O3.ClH/c19-9-13-10-21(11-15(13)12-5-2-1-3-6-12)18(23)14-7-4-8-16(17(14)20)22(24)25;/h1-8,13,15H,9-11,19-20H2;1H/t13-,15+;/m1./s1. The number of hydrogen-bond donors (Lipinski definition) is 2. The zero-order chi connectivity index (χ0) is 18.0. The van der Waals surface area contributed by atoms with Crippen LogP contribution in [0.2, 0.25) is 0 Å². The predicted octanol–water partition coefficient (Wildman–Crippen LogP) is 2.41. The van der Waals surface area contributed by atoms with Crippen LogP contribution in [0, 0.1) is 16.0 Å². The summed E-state index contributed by atoms with van der Waals surface area (Å²) in [5.74, 6) is -0.000531. The molecule has 0 bridgehead atoms. The first-order valence-corrected chi connectivity index (χ1v) is 8.10. The molecule has 0 unspecified atom stereocenters. The Hall–Kier alpha value is -2.64. The highest BCUT2D eigenvalue weighted by Crippen LogP contribution is 2.34. The van der Waals surface area contributed by atoms with E-state index in [4.69, 9.17) is 11.5 Å². The van der Waals surface area contributed by atoms with Crippen molar-refractivity contribution in [2.24, 2.45) is 11.7 Å². The van der Waals surface area contributed by atoms with Gasteiger partial charge in [0.05, 0.1) is 10.5 Å². The van der Waals surface area contributed by atoms with Crippen molar-refractivity contribution in [3.05, 3.63) is 69.8 Å². The molecule has 7 nitrogen and oxygen atoms in total. The molecular formula is C18H21ClN4O3. The van der Waals surface area contributed by atoms with E-state index in [1.165, 1.54) is 18.2 Å². The molecule has 1 amide bonds. The van der Waals surface area contributed by atoms with E-state index >= 15 is 0 Å². The van der Waals surface area contributed by atoms with E-state index in [2.05, 4.69) is 0 Å². The van der Waals surface area contributed by atoms with Crippen LogP contribution in [0.5, 0.6) is 0 Å². The summed E-state index contributed by atoms with van der Waals surface area (Å²) in [7, 11) is 0. The summed E-state index contributed by atoms with van der Waals surface area (Å²) >= 11 is 0. The van der Waals surface area contributed by atoms with Crippen LogP contribution in [0.15, 0.2) is 48.5 Å². The maximum atomic E-state index is 12.9. The van der Waals surface area contributed by atoms with Gasteiger partial charge < -0.3 is 16.4 Å². The molecule has 1 aliphatic rings. The summed E-state index contributed by atoms with van der Waals surface area (Å²) in [5.41, 5.74) is 12.7. The molecule has 2 atom stereocenters. The largest absolute Gasteiger partial charge is 0.393 e. The van der Waals surface area contributed by atoms with Gasteiger partial charge in [0.2, 0.25) is 0 Å². The lowest BCUT2D eigenvalue weighted by Gasteiger charge is -2.17. The number of likely N-dealkylation sites (tertiary alicyclic amines) is 1. The van der Waals surface area contributed by atoms with Gasteiger partial charge >= 0.3 is 0 Å². The molecule has 0 saturated carbocycles. The minimum atomic E-state index is -0.578. The molecule has 1 heterocycles. The van der Waals surface area contributed by atoms with Crippen molar-refractivity contribution in [3.63, 3.8) is 0 Å². The summed E-state index contributed by atoms with van der Waals surface area (Å²) in [5, 5.41) is 11.0. The van der Waals surface area contributed by atoms with Crippen LogP contribution in [0.1, 0.15) is 21.8 Å². The highest BCUT2D eigenvalue weighted by molar-refractivity contribution is 6.01. The molecule has 0 aromatic heterocycles. The third-order valence-electron chi connectivity index (χ3n) is 4.77. The second-order valence-corrected chi connectivity index (χ2v) is 6.22. The monoisotopic (exact) mass is 376 g/mol. The van der Waals surface area contributed by atoms with Crippen LogP contribution in [0.25, 0.3) is 0 Å². The minimum Gasteiger partial charge on any atom is -0.393 e. The minimum absolute atomic E-state index is 0. The molecule has 2 aromatic carbocycles. The highest BCUT2D eigenvalue weighted by atomic mass is 35.5. The van der Waals surface area contributed by atoms with E-state index in [0.29, 0.717) is 19.6 Å². The zero-order valence-corrected chi connectivity index (χ0v) is 14.9. The van der Waals surface area contributed by atoms with E-state index < -0.39 is 4.92 Å². The number of nitro benzene ring substituents is 1. The van der Waals surface area contributed by atoms with Crippen LogP contribution in [-0.2, 0) is 0 Å². The van der Waals surface area contributed by atoms with Crippen molar-refractivity contribution < 1.29 is 9.72 Å². The number of hydrogen-bond acceptors (Lipinski definition) is 5. The normalized spacial score (nSPS) is 19.0. The third-order valence-corrected chi connectivity index (χ3v) is 4.77. The first-order chi connectivity index (χ1) is 12.0. The fourth-order valence-electron chi connectivity index (χ4n) is 3.42. The van der Waals surface area contributed by atoms with Gasteiger partial charge in [0.25, 0.3) is 11.6 Å². The van der Waals surface area contributed by atoms with Crippen molar-refractivity contribution in [3.8, 4) is 0 Å². The predicted molar refractivity (Wildman–Crippen MR) is 102 cm³/mol. The van der Waals surface area contributed by atoms with E-state index in [-0.39, 0.29) is 47.1 Å². The number of halogens is 1. The van der Waals surface area contributed by atoms with Crippen molar-refractivity contribution in [1.82, 2.24) is 4.90 Å². The third kappa shape index (κ3) is 3.63. The molecule has 138 valence electrons. The highest BCUT2D eigenvalue weighted by Gasteiger charge is 2.36. The first kappa shape index (κ1) is 19.7. The van der Waals surface area contributed by atoms with Gasteiger partial charge in [-0.05, 0) is 24.1 Å². The number of carbonyl (C=O) groups excluding carboxylic acids is 1. The molecule has 4 N–H and O–H groups in total. The SMILES string of the molecule is Cl.NC[C@@H]1CN(C(=O)c2cccc([N+](=O)[O-])c2N)C[C@H]1c1ccccc1. The Morgan fingerprint density at radius 2 is 1.85 bits per heavy atom. The van der Waals surface area contributed by atoms with Crippen LogP contribution in [-0.4, -0.2) is 35.4 Å². The second-order valence-electron chi connectivity index (χ2n) is 6.22. The van der Waals surface area contributed by atoms with Gasteiger partial charge in [-0.3, -0.25) is 14.9 Å². The number of anilines is 1. The molecule has 2 aromatic rings. The van der Waals surface area contributed by atoms with Gasteiger partial charge in [-0.2, -0.15) is 0 Å². The molecular weight excluding hydrogens is 356 g/mol. The zero-order valence-electron chi connectivity index (χ0n) is 14.1. The lowest BCUT2D eigenvalue weighted by atomic mass is 9.89. The average molecular weight is 377 g/mol. The number of nitrogens with zero attached hydrogens (tertiary/aromatic N) is 2. The first-order valence-electron chi connectivity index (χ1n) is 8.10. The maximum Gasteiger partial charge on any atom is 0.292 e. The Balaban J connectivity index is 0.00000243. The Morgan fingerprint density at radius 1 is 1.15 bits per heavy atom. The van der Waals surface area contributed by atoms with Crippen molar-refractivity contribution in [2.75, 3.05) is 25.4 Å². The van der Waals surface area contributed by atoms with Crippen LogP contribution >= 0.6 is 12.4 Å². The molecule has 1 aliphatic heterocycles. The van der Waals surface area contributed by atoms with E-state index in [9.17, 15) is 14.9 Å². The summed E-state index contributed by atoms with van der Waals surface area (Å²) in [4.78, 5) is 25.0. The van der Waals surface area contributed by atoms with Crippen LogP contribution < -0.4 is 11.5 Å². The Bertz CT molecular complexity index is 800. The molecule has 1 saturated heterocycles. The van der Waals surface area contributed by atoms with E-state index in [1.54, 1.807) is 4.90 Å². The van der Waals surface area contributed by atoms with Crippen molar-refractivity contribution >= 4 is 29.7 Å². The topological polar surface area (TPSA) is 115 Å². The van der Waals surface area contributed by atoms with Gasteiger partial charge in [-0.1, -0.05) is 36.4 Å². The van der Waals surface area contributed by atoms with E-state index in [1.807, 2.05) is 30.3 Å². The van der Waals surface area contributed by atoms with Crippen LogP contribution in [0.3, 0.4) is 0 Å². The fraction of sp³-hybridized carbons (Fsp3) is 0.278. The summed E-state index contributed by atoms with van der Waals surface area (Å²) in [6.07, 6.45) is 0. The molecule has 8 heteroatoms. The Labute approximate surface area is 157 Å². The lowest BCUT2D eigenvalue weighted by molar-refractivity contribution is -0.383. The van der Waals surface area contributed by atoms with Gasteiger partial charge in [0.15, 0.2) is 0 Å². The Morgan fingerprint density at radius 3 is 2.46 bits per heavy atom. The van der Waals surface area contributed by atoms with E-state index in [0.717, 1.165) is 5.56 Å². The number of nitrogen functional groups attached to an aromatic ring is 1. The number of amides is 1. The second kappa shape index (κ2) is 8.16. The van der Waals surface area contributed by atoms with Gasteiger partial charge in [0, 0.05) is 25.1 Å². The number of nitrogens with two attached hydrogens (primary N) is 2. The van der Waals surface area contributed by atoms with Gasteiger partial charge in [0.1, 0.15) is 5.69 Å². The molecule has 0 aliphatic carbocycles. The lowest BCUT2D eigenvalue weighted by Crippen LogP contribution is -2.30. The van der Waals surface area contributed by atoms with Crippen LogP contribution in [0.4, 0.5) is 11.4 Å². The quantitative estimate of drug-likeness (QED) is 0.483. The molecule has 26 heavy (non-hydrogen) atoms. The number of para-hydroxylation sites is 1. The summed E-state index contributed by atoms with van der Waals surface area (Å²) < 4.78 is 0. The maximum absolute atomic E-state index is 12.9. The fourth-order valence-corrected chi connectivity index (χ4v) is 3.42. The molecule has 3 rings (SSSR count). The molecule has 0 radical (unpaired) electrons. The molecule has 0 spiro atoms. The number of rotatable bonds is 4. The summed E-state index contributed by atoms with van der Waals surface area (Å²) in [6, 6.07) is 14.2. The van der Waals surface area contributed by atoms with Crippen molar-refractivity contribution in [1.29, 1.82) is 0 Å². The van der Waals surface area contributed by atoms with Crippen molar-refractivity contribution in [2.45, 2.75) is 5.92 Å².